The molecule has 4 heteroatoms. The van der Waals surface area contributed by atoms with Gasteiger partial charge in [-0.05, 0) is 24.5 Å². The molecule has 4 nitrogen and oxygen atoms in total. The Kier molecular flexibility index (Phi) is 8.87. The summed E-state index contributed by atoms with van der Waals surface area (Å²) in [6.45, 7) is 5.42. The first kappa shape index (κ1) is 17.8. The van der Waals surface area contributed by atoms with Gasteiger partial charge in [-0.15, -0.1) is 0 Å². The third-order valence-corrected chi connectivity index (χ3v) is 3.50. The van der Waals surface area contributed by atoms with Crippen LogP contribution < -0.4 is 4.74 Å². The van der Waals surface area contributed by atoms with Crippen LogP contribution in [0.5, 0.6) is 11.5 Å². The number of unbranched alkanes of at least 4 members (excludes halogenated alkanes) is 1. The minimum atomic E-state index is -0.687. The molecule has 1 aromatic carbocycles. The Morgan fingerprint density at radius 3 is 2.52 bits per heavy atom. The number of para-hydroxylation sites is 2. The molecule has 1 rings (SSSR count). The van der Waals surface area contributed by atoms with Crippen LogP contribution in [0.2, 0.25) is 0 Å². The smallest absolute Gasteiger partial charge is 0.161 e. The van der Waals surface area contributed by atoms with Crippen molar-refractivity contribution in [3.63, 3.8) is 0 Å². The zero-order valence-electron chi connectivity index (χ0n) is 13.1. The number of hydrogen-bond acceptors (Lipinski definition) is 4. The number of benzene rings is 1. The first-order valence-electron chi connectivity index (χ1n) is 7.83. The Balaban J connectivity index is 2.19. The number of ether oxygens (including phenoxy) is 2. The van der Waals surface area contributed by atoms with Gasteiger partial charge < -0.3 is 19.7 Å². The predicted octanol–water partition coefficient (Wildman–Crippen LogP) is 3.36. The van der Waals surface area contributed by atoms with E-state index in [1.165, 1.54) is 19.3 Å². The van der Waals surface area contributed by atoms with Crippen LogP contribution in [-0.4, -0.2) is 36.1 Å². The Bertz CT molecular complexity index is 381. The van der Waals surface area contributed by atoms with Crippen molar-refractivity contribution in [3.05, 3.63) is 24.3 Å². The van der Waals surface area contributed by atoms with Crippen LogP contribution in [0.3, 0.4) is 0 Å². The van der Waals surface area contributed by atoms with E-state index in [-0.39, 0.29) is 19.0 Å². The average molecular weight is 296 g/mol. The predicted molar refractivity (Wildman–Crippen MR) is 83.7 cm³/mol. The summed E-state index contributed by atoms with van der Waals surface area (Å²) in [5.41, 5.74) is 0. The number of aliphatic hydroxyl groups is 1. The van der Waals surface area contributed by atoms with Crippen molar-refractivity contribution in [2.75, 3.05) is 19.8 Å². The molecule has 0 aliphatic rings. The molecule has 0 fully saturated rings. The van der Waals surface area contributed by atoms with E-state index in [1.54, 1.807) is 24.3 Å². The molecule has 0 saturated carbocycles. The van der Waals surface area contributed by atoms with E-state index in [9.17, 15) is 10.2 Å². The molecule has 0 aliphatic carbocycles. The van der Waals surface area contributed by atoms with Crippen LogP contribution >= 0.6 is 0 Å². The Labute approximate surface area is 127 Å². The van der Waals surface area contributed by atoms with Gasteiger partial charge in [-0.3, -0.25) is 0 Å². The van der Waals surface area contributed by atoms with Crippen LogP contribution in [0.1, 0.15) is 39.5 Å². The van der Waals surface area contributed by atoms with Gasteiger partial charge in [-0.25, -0.2) is 0 Å². The van der Waals surface area contributed by atoms with E-state index < -0.39 is 6.10 Å². The average Bonchev–Trinajstić information content (AvgIpc) is 2.50. The van der Waals surface area contributed by atoms with E-state index >= 15 is 0 Å². The van der Waals surface area contributed by atoms with Gasteiger partial charge in [-0.1, -0.05) is 45.2 Å². The Morgan fingerprint density at radius 2 is 1.86 bits per heavy atom. The molecule has 0 radical (unpaired) electrons. The van der Waals surface area contributed by atoms with E-state index in [1.807, 2.05) is 0 Å². The second-order valence-corrected chi connectivity index (χ2v) is 5.39. The van der Waals surface area contributed by atoms with Gasteiger partial charge in [0, 0.05) is 6.61 Å². The molecule has 2 atom stereocenters. The lowest BCUT2D eigenvalue weighted by atomic mass is 10.0. The molecule has 0 heterocycles. The van der Waals surface area contributed by atoms with Gasteiger partial charge in [0.1, 0.15) is 12.7 Å². The molecule has 0 amide bonds. The maximum absolute atomic E-state index is 9.83. The fourth-order valence-electron chi connectivity index (χ4n) is 2.08. The molecule has 120 valence electrons. The summed E-state index contributed by atoms with van der Waals surface area (Å²) < 4.78 is 10.9. The van der Waals surface area contributed by atoms with E-state index in [0.717, 1.165) is 6.42 Å². The fraction of sp³-hybridized carbons (Fsp3) is 0.647. The topological polar surface area (TPSA) is 58.9 Å². The lowest BCUT2D eigenvalue weighted by Gasteiger charge is -2.17. The highest BCUT2D eigenvalue weighted by atomic mass is 16.5. The Morgan fingerprint density at radius 1 is 1.10 bits per heavy atom. The second-order valence-electron chi connectivity index (χ2n) is 5.39. The first-order chi connectivity index (χ1) is 10.2. The van der Waals surface area contributed by atoms with E-state index in [0.29, 0.717) is 18.3 Å². The lowest BCUT2D eigenvalue weighted by molar-refractivity contribution is -0.00143. The van der Waals surface area contributed by atoms with Crippen LogP contribution in [0, 0.1) is 5.92 Å². The third kappa shape index (κ3) is 7.34. The van der Waals surface area contributed by atoms with Crippen molar-refractivity contribution in [2.24, 2.45) is 5.92 Å². The summed E-state index contributed by atoms with van der Waals surface area (Å²) in [6, 6.07) is 6.72. The fourth-order valence-corrected chi connectivity index (χ4v) is 2.08. The summed E-state index contributed by atoms with van der Waals surface area (Å²) >= 11 is 0. The van der Waals surface area contributed by atoms with Crippen molar-refractivity contribution in [1.82, 2.24) is 0 Å². The number of phenols is 1. The molecule has 0 bridgehead atoms. The SMILES string of the molecule is CCCCC(CC)COCC(O)COc1ccccc1O. The summed E-state index contributed by atoms with van der Waals surface area (Å²) in [7, 11) is 0. The van der Waals surface area contributed by atoms with Crippen LogP contribution in [0.15, 0.2) is 24.3 Å². The quantitative estimate of drug-likeness (QED) is 0.657. The molecular formula is C17H28O4. The largest absolute Gasteiger partial charge is 0.504 e. The number of hydrogen-bond donors (Lipinski definition) is 2. The van der Waals surface area contributed by atoms with Crippen LogP contribution in [0.4, 0.5) is 0 Å². The van der Waals surface area contributed by atoms with Crippen molar-refractivity contribution in [1.29, 1.82) is 0 Å². The zero-order chi connectivity index (χ0) is 15.5. The zero-order valence-corrected chi connectivity index (χ0v) is 13.1. The van der Waals surface area contributed by atoms with Gasteiger partial charge in [0.2, 0.25) is 0 Å². The normalized spacial score (nSPS) is 13.9. The number of aromatic hydroxyl groups is 1. The highest BCUT2D eigenvalue weighted by Crippen LogP contribution is 2.24. The van der Waals surface area contributed by atoms with Gasteiger partial charge >= 0.3 is 0 Å². The van der Waals surface area contributed by atoms with E-state index in [4.69, 9.17) is 9.47 Å². The monoisotopic (exact) mass is 296 g/mol. The minimum absolute atomic E-state index is 0.0798. The molecule has 2 N–H and O–H groups in total. The number of aliphatic hydroxyl groups excluding tert-OH is 1. The third-order valence-electron chi connectivity index (χ3n) is 3.50. The van der Waals surface area contributed by atoms with Crippen molar-refractivity contribution in [2.45, 2.75) is 45.6 Å². The van der Waals surface area contributed by atoms with Gasteiger partial charge in [0.05, 0.1) is 6.61 Å². The summed E-state index contributed by atoms with van der Waals surface area (Å²) in [6.07, 6.45) is 4.02. The van der Waals surface area contributed by atoms with E-state index in [2.05, 4.69) is 13.8 Å². The molecule has 0 aliphatic heterocycles. The highest BCUT2D eigenvalue weighted by Gasteiger charge is 2.10. The minimum Gasteiger partial charge on any atom is -0.504 e. The van der Waals surface area contributed by atoms with Gasteiger partial charge in [0.15, 0.2) is 11.5 Å². The summed E-state index contributed by atoms with van der Waals surface area (Å²) in [5.74, 6) is 1.03. The second kappa shape index (κ2) is 10.5. The van der Waals surface area contributed by atoms with Gasteiger partial charge in [0.25, 0.3) is 0 Å². The molecule has 0 aromatic heterocycles. The molecule has 21 heavy (non-hydrogen) atoms. The summed E-state index contributed by atoms with van der Waals surface area (Å²) in [4.78, 5) is 0. The van der Waals surface area contributed by atoms with Crippen molar-refractivity contribution >= 4 is 0 Å². The Hall–Kier alpha value is -1.26. The highest BCUT2D eigenvalue weighted by molar-refractivity contribution is 5.37. The maximum Gasteiger partial charge on any atom is 0.161 e. The van der Waals surface area contributed by atoms with Crippen LogP contribution in [0.25, 0.3) is 0 Å². The number of rotatable bonds is 11. The van der Waals surface area contributed by atoms with Gasteiger partial charge in [-0.2, -0.15) is 0 Å². The standard InChI is InChI=1S/C17H28O4/c1-3-5-8-14(4-2)11-20-12-15(18)13-21-17-10-7-6-9-16(17)19/h6-7,9-10,14-15,18-19H,3-5,8,11-13H2,1-2H3. The molecule has 0 spiro atoms. The summed E-state index contributed by atoms with van der Waals surface area (Å²) in [5, 5.41) is 19.4. The number of phenolic OH excluding ortho intramolecular Hbond substituents is 1. The molecule has 0 saturated heterocycles. The van der Waals surface area contributed by atoms with Crippen molar-refractivity contribution in [3.8, 4) is 11.5 Å². The van der Waals surface area contributed by atoms with Crippen LogP contribution in [-0.2, 0) is 4.74 Å². The molecular weight excluding hydrogens is 268 g/mol. The lowest BCUT2D eigenvalue weighted by Crippen LogP contribution is -2.25. The van der Waals surface area contributed by atoms with Crippen molar-refractivity contribution < 1.29 is 19.7 Å². The molecule has 2 unspecified atom stereocenters. The first-order valence-corrected chi connectivity index (χ1v) is 7.83. The maximum atomic E-state index is 9.83. The molecule has 1 aromatic rings.